The third-order valence-corrected chi connectivity index (χ3v) is 6.71. The van der Waals surface area contributed by atoms with Gasteiger partial charge >= 0.3 is 5.97 Å². The first-order valence-electron chi connectivity index (χ1n) is 10.2. The molecule has 1 aliphatic heterocycles. The van der Waals surface area contributed by atoms with Crippen molar-refractivity contribution >= 4 is 33.4 Å². The molecule has 1 saturated heterocycles. The van der Waals surface area contributed by atoms with Crippen molar-refractivity contribution in [1.82, 2.24) is 19.8 Å². The summed E-state index contributed by atoms with van der Waals surface area (Å²) in [7, 11) is 1.54. The van der Waals surface area contributed by atoms with Gasteiger partial charge in [0.1, 0.15) is 22.1 Å². The number of nitrogens with one attached hydrogen (secondary N) is 1. The summed E-state index contributed by atoms with van der Waals surface area (Å²) in [4.78, 5) is 49.6. The number of nitrogens with zero attached hydrogens (tertiary/aromatic N) is 3. The van der Waals surface area contributed by atoms with Gasteiger partial charge in [-0.05, 0) is 25.3 Å². The standard InChI is InChI=1S/C20H26N4O5S/c1-12-15-17(25)21-14(22-18(15)30-16(12)20(27)29-10-9-28-2)11-23-5-7-24(8-6-23)19(26)13-3-4-13/h13H,3-11H2,1-2H3,(H,21,22,25). The molecular formula is C20H26N4O5S. The van der Waals surface area contributed by atoms with Crippen LogP contribution in [0.5, 0.6) is 0 Å². The molecule has 162 valence electrons. The largest absolute Gasteiger partial charge is 0.459 e. The number of thiophene rings is 1. The number of fused-ring (bicyclic) bond motifs is 1. The molecule has 4 rings (SSSR count). The van der Waals surface area contributed by atoms with Gasteiger partial charge < -0.3 is 19.4 Å². The Morgan fingerprint density at radius 1 is 1.20 bits per heavy atom. The number of rotatable bonds is 7. The van der Waals surface area contributed by atoms with Crippen molar-refractivity contribution in [2.75, 3.05) is 46.5 Å². The number of aromatic amines is 1. The Hall–Kier alpha value is -2.30. The smallest absolute Gasteiger partial charge is 0.348 e. The molecule has 9 nitrogen and oxygen atoms in total. The van der Waals surface area contributed by atoms with Gasteiger partial charge in [-0.25, -0.2) is 9.78 Å². The van der Waals surface area contributed by atoms with Crippen molar-refractivity contribution in [3.63, 3.8) is 0 Å². The molecule has 0 atom stereocenters. The Labute approximate surface area is 178 Å². The number of ether oxygens (including phenoxy) is 2. The molecule has 2 aliphatic rings. The molecular weight excluding hydrogens is 408 g/mol. The zero-order chi connectivity index (χ0) is 21.3. The van der Waals surface area contributed by atoms with E-state index < -0.39 is 5.97 Å². The second kappa shape index (κ2) is 8.83. The molecule has 1 saturated carbocycles. The number of carbonyl (C=O) groups is 2. The highest BCUT2D eigenvalue weighted by Gasteiger charge is 2.34. The summed E-state index contributed by atoms with van der Waals surface area (Å²) in [6.07, 6.45) is 2.04. The molecule has 0 aromatic carbocycles. The summed E-state index contributed by atoms with van der Waals surface area (Å²) in [6.45, 7) is 5.63. The molecule has 0 spiro atoms. The minimum absolute atomic E-state index is 0.160. The molecule has 1 N–H and O–H groups in total. The van der Waals surface area contributed by atoms with E-state index >= 15 is 0 Å². The van der Waals surface area contributed by atoms with Crippen LogP contribution in [0.15, 0.2) is 4.79 Å². The highest BCUT2D eigenvalue weighted by molar-refractivity contribution is 7.20. The van der Waals surface area contributed by atoms with Crippen LogP contribution in [0.2, 0.25) is 0 Å². The van der Waals surface area contributed by atoms with Gasteiger partial charge in [0.15, 0.2) is 0 Å². The Bertz CT molecular complexity index is 1000. The van der Waals surface area contributed by atoms with E-state index in [1.807, 2.05) is 4.90 Å². The van der Waals surface area contributed by atoms with E-state index in [2.05, 4.69) is 14.9 Å². The van der Waals surface area contributed by atoms with E-state index in [0.717, 1.165) is 25.9 Å². The van der Waals surface area contributed by atoms with Gasteiger partial charge in [-0.1, -0.05) is 0 Å². The van der Waals surface area contributed by atoms with Crippen LogP contribution >= 0.6 is 11.3 Å². The third kappa shape index (κ3) is 4.40. The van der Waals surface area contributed by atoms with Crippen LogP contribution in [0, 0.1) is 12.8 Å². The van der Waals surface area contributed by atoms with Crippen LogP contribution in [-0.4, -0.2) is 78.1 Å². The van der Waals surface area contributed by atoms with Gasteiger partial charge in [-0.15, -0.1) is 11.3 Å². The molecule has 0 unspecified atom stereocenters. The summed E-state index contributed by atoms with van der Waals surface area (Å²) >= 11 is 1.18. The predicted molar refractivity (Wildman–Crippen MR) is 112 cm³/mol. The van der Waals surface area contributed by atoms with Crippen molar-refractivity contribution in [2.45, 2.75) is 26.3 Å². The highest BCUT2D eigenvalue weighted by atomic mass is 32.1. The zero-order valence-electron chi connectivity index (χ0n) is 17.2. The average molecular weight is 435 g/mol. The first-order chi connectivity index (χ1) is 14.5. The van der Waals surface area contributed by atoms with Gasteiger partial charge in [0.2, 0.25) is 5.91 Å². The number of aromatic nitrogens is 2. The summed E-state index contributed by atoms with van der Waals surface area (Å²) in [5.74, 6) is 0.621. The number of esters is 1. The number of amides is 1. The normalized spacial score (nSPS) is 17.5. The lowest BCUT2D eigenvalue weighted by molar-refractivity contribution is -0.134. The number of piperazine rings is 1. The molecule has 2 fully saturated rings. The third-order valence-electron chi connectivity index (χ3n) is 5.54. The van der Waals surface area contributed by atoms with E-state index in [1.54, 1.807) is 6.92 Å². The van der Waals surface area contributed by atoms with Crippen LogP contribution in [-0.2, 0) is 20.8 Å². The maximum Gasteiger partial charge on any atom is 0.348 e. The second-order valence-corrected chi connectivity index (χ2v) is 8.75. The summed E-state index contributed by atoms with van der Waals surface area (Å²) in [5.41, 5.74) is 0.340. The summed E-state index contributed by atoms with van der Waals surface area (Å²) in [6, 6.07) is 0. The van der Waals surface area contributed by atoms with Crippen molar-refractivity contribution in [2.24, 2.45) is 5.92 Å². The van der Waals surface area contributed by atoms with Gasteiger partial charge in [0, 0.05) is 39.2 Å². The van der Waals surface area contributed by atoms with Gasteiger partial charge in [0.05, 0.1) is 18.5 Å². The fraction of sp³-hybridized carbons (Fsp3) is 0.600. The lowest BCUT2D eigenvalue weighted by Crippen LogP contribution is -2.49. The molecule has 0 radical (unpaired) electrons. The Kier molecular flexibility index (Phi) is 6.16. The highest BCUT2D eigenvalue weighted by Crippen LogP contribution is 2.31. The van der Waals surface area contributed by atoms with E-state index in [1.165, 1.54) is 18.4 Å². The minimum atomic E-state index is -0.468. The first-order valence-corrected chi connectivity index (χ1v) is 11.0. The summed E-state index contributed by atoms with van der Waals surface area (Å²) in [5, 5.41) is 0.433. The first kappa shape index (κ1) is 21.0. The molecule has 2 aromatic heterocycles. The number of hydrogen-bond donors (Lipinski definition) is 1. The van der Waals surface area contributed by atoms with Crippen molar-refractivity contribution < 1.29 is 19.1 Å². The van der Waals surface area contributed by atoms with Crippen LogP contribution in [0.4, 0.5) is 0 Å². The Morgan fingerprint density at radius 2 is 1.93 bits per heavy atom. The second-order valence-electron chi connectivity index (χ2n) is 7.75. The molecule has 10 heteroatoms. The fourth-order valence-corrected chi connectivity index (χ4v) is 4.76. The average Bonchev–Trinajstić information content (AvgIpc) is 3.52. The van der Waals surface area contributed by atoms with Gasteiger partial charge in [0.25, 0.3) is 5.56 Å². The summed E-state index contributed by atoms with van der Waals surface area (Å²) < 4.78 is 10.1. The van der Waals surface area contributed by atoms with Crippen LogP contribution in [0.3, 0.4) is 0 Å². The van der Waals surface area contributed by atoms with Crippen molar-refractivity contribution in [3.05, 3.63) is 26.6 Å². The van der Waals surface area contributed by atoms with Crippen molar-refractivity contribution in [1.29, 1.82) is 0 Å². The lowest BCUT2D eigenvalue weighted by atomic mass is 10.2. The fourth-order valence-electron chi connectivity index (χ4n) is 3.67. The lowest BCUT2D eigenvalue weighted by Gasteiger charge is -2.34. The minimum Gasteiger partial charge on any atom is -0.459 e. The van der Waals surface area contributed by atoms with Crippen LogP contribution in [0.25, 0.3) is 10.2 Å². The quantitative estimate of drug-likeness (QED) is 0.515. The van der Waals surface area contributed by atoms with E-state index in [-0.39, 0.29) is 24.0 Å². The van der Waals surface area contributed by atoms with Gasteiger partial charge in [-0.3, -0.25) is 14.5 Å². The van der Waals surface area contributed by atoms with Crippen LogP contribution in [0.1, 0.15) is 33.9 Å². The number of H-pyrrole nitrogens is 1. The topological polar surface area (TPSA) is 105 Å². The number of methoxy groups -OCH3 is 1. The molecule has 3 heterocycles. The number of aryl methyl sites for hydroxylation is 1. The number of hydrogen-bond acceptors (Lipinski definition) is 8. The molecule has 0 bridgehead atoms. The zero-order valence-corrected chi connectivity index (χ0v) is 18.0. The van der Waals surface area contributed by atoms with Crippen LogP contribution < -0.4 is 5.56 Å². The Balaban J connectivity index is 1.44. The molecule has 2 aromatic rings. The Morgan fingerprint density at radius 3 is 2.60 bits per heavy atom. The maximum atomic E-state index is 12.6. The van der Waals surface area contributed by atoms with E-state index in [4.69, 9.17) is 9.47 Å². The predicted octanol–water partition coefficient (Wildman–Crippen LogP) is 1.15. The SMILES string of the molecule is COCCOC(=O)c1sc2nc(CN3CCN(C(=O)C4CC4)CC3)[nH]c(=O)c2c1C. The molecule has 30 heavy (non-hydrogen) atoms. The van der Waals surface area contributed by atoms with E-state index in [0.29, 0.717) is 52.7 Å². The molecule has 1 amide bonds. The molecule has 1 aliphatic carbocycles. The monoisotopic (exact) mass is 434 g/mol. The van der Waals surface area contributed by atoms with E-state index in [9.17, 15) is 14.4 Å². The number of carbonyl (C=O) groups excluding carboxylic acids is 2. The van der Waals surface area contributed by atoms with Gasteiger partial charge in [-0.2, -0.15) is 0 Å². The van der Waals surface area contributed by atoms with Crippen molar-refractivity contribution in [3.8, 4) is 0 Å². The maximum absolute atomic E-state index is 12.6.